The number of carbonyl (C=O) groups excluding carboxylic acids is 1. The van der Waals surface area contributed by atoms with Crippen LogP contribution >= 0.6 is 22.9 Å². The van der Waals surface area contributed by atoms with E-state index in [1.54, 1.807) is 0 Å². The Labute approximate surface area is 144 Å². The first-order chi connectivity index (χ1) is 11.0. The van der Waals surface area contributed by atoms with Crippen LogP contribution in [0.5, 0.6) is 0 Å². The summed E-state index contributed by atoms with van der Waals surface area (Å²) < 4.78 is 65.7. The van der Waals surface area contributed by atoms with Crippen LogP contribution in [0.4, 0.5) is 24.5 Å². The van der Waals surface area contributed by atoms with Gasteiger partial charge in [0.05, 0.1) is 15.6 Å². The first-order valence-electron chi connectivity index (χ1n) is 6.26. The molecule has 0 saturated heterocycles. The molecule has 0 fully saturated rings. The van der Waals surface area contributed by atoms with E-state index in [9.17, 15) is 26.4 Å². The van der Waals surface area contributed by atoms with Crippen molar-refractivity contribution in [1.29, 1.82) is 0 Å². The van der Waals surface area contributed by atoms with Crippen molar-refractivity contribution >= 4 is 50.2 Å². The highest BCUT2D eigenvalue weighted by molar-refractivity contribution is 7.94. The van der Waals surface area contributed by atoms with Gasteiger partial charge in [-0.2, -0.15) is 13.2 Å². The van der Waals surface area contributed by atoms with Gasteiger partial charge in [-0.25, -0.2) is 8.42 Å². The van der Waals surface area contributed by atoms with Crippen LogP contribution in [0.25, 0.3) is 0 Å². The maximum absolute atomic E-state index is 13.2. The highest BCUT2D eigenvalue weighted by Gasteiger charge is 2.35. The molecule has 1 amide bonds. The van der Waals surface area contributed by atoms with Crippen molar-refractivity contribution in [2.24, 2.45) is 0 Å². The number of sulfonamides is 1. The molecule has 2 aromatic rings. The van der Waals surface area contributed by atoms with E-state index in [0.717, 1.165) is 19.1 Å². The van der Waals surface area contributed by atoms with Gasteiger partial charge in [0.2, 0.25) is 5.91 Å². The Kier molecular flexibility index (Phi) is 5.11. The fourth-order valence-electron chi connectivity index (χ4n) is 1.79. The number of nitrogens with one attached hydrogen (secondary N) is 2. The summed E-state index contributed by atoms with van der Waals surface area (Å²) in [4.78, 5) is 11.0. The summed E-state index contributed by atoms with van der Waals surface area (Å²) in [6.45, 7) is 1.14. The first-order valence-corrected chi connectivity index (χ1v) is 8.94. The molecule has 0 aliphatic heterocycles. The Morgan fingerprint density at radius 1 is 1.21 bits per heavy atom. The zero-order valence-corrected chi connectivity index (χ0v) is 14.3. The number of halogens is 4. The smallest absolute Gasteiger partial charge is 0.326 e. The number of thiophene rings is 1. The summed E-state index contributed by atoms with van der Waals surface area (Å²) in [6, 6.07) is 5.26. The van der Waals surface area contributed by atoms with Crippen LogP contribution < -0.4 is 10.0 Å². The molecule has 0 aliphatic rings. The molecule has 1 aromatic heterocycles. The summed E-state index contributed by atoms with van der Waals surface area (Å²) in [5.41, 5.74) is -1.97. The molecule has 0 aliphatic carbocycles. The second-order valence-corrected chi connectivity index (χ2v) is 8.23. The third kappa shape index (κ3) is 4.40. The van der Waals surface area contributed by atoms with Gasteiger partial charge >= 0.3 is 6.18 Å². The molecule has 24 heavy (non-hydrogen) atoms. The van der Waals surface area contributed by atoms with E-state index in [1.807, 2.05) is 4.72 Å². The molecule has 0 bridgehead atoms. The SMILES string of the molecule is CC(=O)Nc1ccc(NS(=O)(=O)c2ccc(Cl)s2)c(C(F)(F)F)c1. The van der Waals surface area contributed by atoms with Crippen LogP contribution in [0.3, 0.4) is 0 Å². The Hall–Kier alpha value is -1.78. The van der Waals surface area contributed by atoms with Crippen LogP contribution in [0, 0.1) is 0 Å². The van der Waals surface area contributed by atoms with Gasteiger partial charge in [-0.15, -0.1) is 11.3 Å². The molecule has 130 valence electrons. The van der Waals surface area contributed by atoms with E-state index in [4.69, 9.17) is 11.6 Å². The summed E-state index contributed by atoms with van der Waals surface area (Å²) in [7, 11) is -4.21. The lowest BCUT2D eigenvalue weighted by Gasteiger charge is -2.16. The van der Waals surface area contributed by atoms with Gasteiger partial charge in [0, 0.05) is 12.6 Å². The Balaban J connectivity index is 2.44. The van der Waals surface area contributed by atoms with Crippen LogP contribution in [-0.4, -0.2) is 14.3 Å². The van der Waals surface area contributed by atoms with Crippen molar-refractivity contribution in [3.05, 3.63) is 40.2 Å². The maximum atomic E-state index is 13.2. The van der Waals surface area contributed by atoms with Gasteiger partial charge in [-0.1, -0.05) is 11.6 Å². The Bertz CT molecular complexity index is 879. The maximum Gasteiger partial charge on any atom is 0.418 e. The van der Waals surface area contributed by atoms with Gasteiger partial charge < -0.3 is 5.32 Å². The average Bonchev–Trinajstić information content (AvgIpc) is 2.86. The molecule has 0 saturated carbocycles. The summed E-state index contributed by atoms with van der Waals surface area (Å²) in [5.74, 6) is -0.551. The average molecular weight is 399 g/mol. The second kappa shape index (κ2) is 6.61. The van der Waals surface area contributed by atoms with Gasteiger partial charge in [-0.3, -0.25) is 9.52 Å². The number of hydrogen-bond donors (Lipinski definition) is 2. The normalized spacial score (nSPS) is 12.0. The number of carbonyl (C=O) groups is 1. The van der Waals surface area contributed by atoms with Gasteiger partial charge in [0.15, 0.2) is 0 Å². The molecule has 5 nitrogen and oxygen atoms in total. The Morgan fingerprint density at radius 3 is 2.38 bits per heavy atom. The molecular weight excluding hydrogens is 389 g/mol. The summed E-state index contributed by atoms with van der Waals surface area (Å²) >= 11 is 6.36. The topological polar surface area (TPSA) is 75.3 Å². The van der Waals surface area contributed by atoms with Crippen LogP contribution in [0.1, 0.15) is 12.5 Å². The highest BCUT2D eigenvalue weighted by atomic mass is 35.5. The standard InChI is InChI=1S/C13H10ClF3N2O3S2/c1-7(20)18-8-2-3-10(9(6-8)13(15,16)17)19-24(21,22)12-5-4-11(14)23-12/h2-6,19H,1H3,(H,18,20). The number of amides is 1. The zero-order chi connectivity index (χ0) is 18.1. The minimum atomic E-state index is -4.82. The molecule has 0 spiro atoms. The lowest BCUT2D eigenvalue weighted by molar-refractivity contribution is -0.136. The molecule has 1 aromatic carbocycles. The number of benzene rings is 1. The van der Waals surface area contributed by atoms with Gasteiger partial charge in [-0.05, 0) is 30.3 Å². The van der Waals surface area contributed by atoms with Crippen LogP contribution in [0.2, 0.25) is 4.34 Å². The van der Waals surface area contributed by atoms with E-state index < -0.39 is 33.4 Å². The van der Waals surface area contributed by atoms with Crippen LogP contribution in [-0.2, 0) is 21.0 Å². The lowest BCUT2D eigenvalue weighted by Crippen LogP contribution is -2.17. The zero-order valence-electron chi connectivity index (χ0n) is 11.9. The Morgan fingerprint density at radius 2 is 1.88 bits per heavy atom. The third-order valence-electron chi connectivity index (χ3n) is 2.70. The molecule has 0 unspecified atom stereocenters. The van der Waals surface area contributed by atoms with Gasteiger partial charge in [0.1, 0.15) is 4.21 Å². The summed E-state index contributed by atoms with van der Waals surface area (Å²) in [6.07, 6.45) is -4.82. The van der Waals surface area contributed by atoms with E-state index in [1.165, 1.54) is 12.1 Å². The molecule has 0 atom stereocenters. The van der Waals surface area contributed by atoms with Crippen molar-refractivity contribution < 1.29 is 26.4 Å². The molecule has 0 radical (unpaired) electrons. The second-order valence-electron chi connectivity index (χ2n) is 4.60. The van der Waals surface area contributed by atoms with Crippen molar-refractivity contribution in [1.82, 2.24) is 0 Å². The highest BCUT2D eigenvalue weighted by Crippen LogP contribution is 2.38. The molecule has 11 heteroatoms. The van der Waals surface area contributed by atoms with Crippen molar-refractivity contribution in [3.63, 3.8) is 0 Å². The fourth-order valence-corrected chi connectivity index (χ4v) is 4.35. The van der Waals surface area contributed by atoms with Crippen molar-refractivity contribution in [2.45, 2.75) is 17.3 Å². The van der Waals surface area contributed by atoms with Gasteiger partial charge in [0.25, 0.3) is 10.0 Å². The van der Waals surface area contributed by atoms with E-state index in [2.05, 4.69) is 5.32 Å². The molecule has 2 N–H and O–H groups in total. The quantitative estimate of drug-likeness (QED) is 0.811. The van der Waals surface area contributed by atoms with Crippen LogP contribution in [0.15, 0.2) is 34.5 Å². The largest absolute Gasteiger partial charge is 0.418 e. The molecule has 1 heterocycles. The number of rotatable bonds is 4. The van der Waals surface area contributed by atoms with Crippen molar-refractivity contribution in [3.8, 4) is 0 Å². The fraction of sp³-hybridized carbons (Fsp3) is 0.154. The predicted octanol–water partition coefficient (Wildman–Crippen LogP) is 4.18. The molecular formula is C13H10ClF3N2O3S2. The van der Waals surface area contributed by atoms with E-state index in [0.29, 0.717) is 17.4 Å². The third-order valence-corrected chi connectivity index (χ3v) is 5.79. The first kappa shape index (κ1) is 18.6. The minimum absolute atomic E-state index is 0.100. The lowest BCUT2D eigenvalue weighted by atomic mass is 10.1. The molecule has 2 rings (SSSR count). The van der Waals surface area contributed by atoms with E-state index in [-0.39, 0.29) is 14.2 Å². The number of alkyl halides is 3. The monoisotopic (exact) mass is 398 g/mol. The number of anilines is 2. The minimum Gasteiger partial charge on any atom is -0.326 e. The van der Waals surface area contributed by atoms with Crippen molar-refractivity contribution in [2.75, 3.05) is 10.0 Å². The summed E-state index contributed by atoms with van der Waals surface area (Å²) in [5, 5.41) is 2.21. The van der Waals surface area contributed by atoms with E-state index >= 15 is 0 Å². The number of hydrogen-bond acceptors (Lipinski definition) is 4. The predicted molar refractivity (Wildman–Crippen MR) is 85.9 cm³/mol.